The van der Waals surface area contributed by atoms with Gasteiger partial charge >= 0.3 is 11.9 Å². The van der Waals surface area contributed by atoms with Crippen molar-refractivity contribution in [2.45, 2.75) is 0 Å². The summed E-state index contributed by atoms with van der Waals surface area (Å²) in [4.78, 5) is 15.5. The second kappa shape index (κ2) is 5.78. The number of aromatic nitrogens is 2. The number of nitrogens with zero attached hydrogens (tertiary/aromatic N) is 5. The van der Waals surface area contributed by atoms with Gasteiger partial charge in [0.25, 0.3) is 0 Å². The SMILES string of the molecule is CN(C)C=Nc1nnc(C=Cc2ccc([N+](=O)[O-])o2)o1. The molecule has 9 heteroatoms. The Balaban J connectivity index is 2.05. The fourth-order valence-electron chi connectivity index (χ4n) is 1.19. The van der Waals surface area contributed by atoms with E-state index >= 15 is 0 Å². The van der Waals surface area contributed by atoms with Crippen molar-refractivity contribution in [3.63, 3.8) is 0 Å². The average molecular weight is 277 g/mol. The van der Waals surface area contributed by atoms with E-state index in [4.69, 9.17) is 8.83 Å². The molecule has 2 aromatic heterocycles. The zero-order valence-electron chi connectivity index (χ0n) is 10.8. The molecular weight excluding hydrogens is 266 g/mol. The van der Waals surface area contributed by atoms with Gasteiger partial charge in [-0.15, -0.1) is 5.10 Å². The molecule has 104 valence electrons. The third-order valence-corrected chi connectivity index (χ3v) is 2.01. The van der Waals surface area contributed by atoms with E-state index in [-0.39, 0.29) is 17.8 Å². The van der Waals surface area contributed by atoms with E-state index in [0.717, 1.165) is 0 Å². The van der Waals surface area contributed by atoms with Gasteiger partial charge in [0, 0.05) is 20.2 Å². The summed E-state index contributed by atoms with van der Waals surface area (Å²) in [5.41, 5.74) is 0. The molecule has 0 aliphatic carbocycles. The largest absolute Gasteiger partial charge is 0.433 e. The van der Waals surface area contributed by atoms with Gasteiger partial charge in [0.1, 0.15) is 10.7 Å². The molecular formula is C11H11N5O4. The van der Waals surface area contributed by atoms with Crippen LogP contribution in [0.5, 0.6) is 0 Å². The molecule has 0 N–H and O–H groups in total. The Kier molecular flexibility index (Phi) is 3.89. The van der Waals surface area contributed by atoms with E-state index < -0.39 is 4.92 Å². The number of rotatable bonds is 5. The van der Waals surface area contributed by atoms with Gasteiger partial charge in [0.2, 0.25) is 5.89 Å². The summed E-state index contributed by atoms with van der Waals surface area (Å²) in [6, 6.07) is 2.85. The molecule has 0 saturated carbocycles. The standard InChI is InChI=1S/C11H11N5O4/c1-15(2)7-12-11-14-13-9(20-11)5-3-8-4-6-10(19-8)16(17)18/h3-7H,1-2H3. The molecule has 0 saturated heterocycles. The summed E-state index contributed by atoms with van der Waals surface area (Å²) in [5.74, 6) is 0.203. The predicted molar refractivity (Wildman–Crippen MR) is 70.4 cm³/mol. The van der Waals surface area contributed by atoms with Gasteiger partial charge < -0.3 is 13.7 Å². The summed E-state index contributed by atoms with van der Waals surface area (Å²) in [6.07, 6.45) is 4.49. The Bertz CT molecular complexity index is 655. The van der Waals surface area contributed by atoms with Gasteiger partial charge in [-0.05, 0) is 12.1 Å². The summed E-state index contributed by atoms with van der Waals surface area (Å²) in [7, 11) is 3.62. The number of hydrogen-bond donors (Lipinski definition) is 0. The maximum absolute atomic E-state index is 10.4. The normalized spacial score (nSPS) is 11.5. The van der Waals surface area contributed by atoms with Gasteiger partial charge in [0.05, 0.1) is 12.4 Å². The van der Waals surface area contributed by atoms with E-state index in [9.17, 15) is 10.1 Å². The van der Waals surface area contributed by atoms with Crippen LogP contribution in [0.25, 0.3) is 12.2 Å². The van der Waals surface area contributed by atoms with Crippen LogP contribution in [0.4, 0.5) is 11.9 Å². The lowest BCUT2D eigenvalue weighted by Gasteiger charge is -1.99. The zero-order valence-corrected chi connectivity index (χ0v) is 10.8. The lowest BCUT2D eigenvalue weighted by molar-refractivity contribution is -0.402. The molecule has 0 radical (unpaired) electrons. The van der Waals surface area contributed by atoms with Gasteiger partial charge in [-0.1, -0.05) is 5.10 Å². The highest BCUT2D eigenvalue weighted by molar-refractivity contribution is 5.64. The Labute approximate surface area is 113 Å². The number of nitro groups is 1. The predicted octanol–water partition coefficient (Wildman–Crippen LogP) is 1.96. The van der Waals surface area contributed by atoms with Crippen molar-refractivity contribution >= 4 is 30.4 Å². The van der Waals surface area contributed by atoms with Crippen LogP contribution < -0.4 is 0 Å². The minimum absolute atomic E-state index is 0.115. The van der Waals surface area contributed by atoms with Crippen molar-refractivity contribution in [2.24, 2.45) is 4.99 Å². The highest BCUT2D eigenvalue weighted by atomic mass is 16.6. The lowest BCUT2D eigenvalue weighted by atomic mass is 10.4. The maximum atomic E-state index is 10.4. The molecule has 0 bridgehead atoms. The quantitative estimate of drug-likeness (QED) is 0.355. The van der Waals surface area contributed by atoms with Crippen molar-refractivity contribution in [1.29, 1.82) is 0 Å². The van der Waals surface area contributed by atoms with E-state index in [1.807, 2.05) is 14.1 Å². The first-order chi connectivity index (χ1) is 9.54. The molecule has 0 atom stereocenters. The van der Waals surface area contributed by atoms with E-state index in [0.29, 0.717) is 5.76 Å². The van der Waals surface area contributed by atoms with Crippen LogP contribution in [-0.2, 0) is 0 Å². The van der Waals surface area contributed by atoms with Crippen molar-refractivity contribution < 1.29 is 13.8 Å². The molecule has 0 spiro atoms. The van der Waals surface area contributed by atoms with Gasteiger partial charge in [-0.2, -0.15) is 4.99 Å². The van der Waals surface area contributed by atoms with E-state index in [1.54, 1.807) is 4.90 Å². The van der Waals surface area contributed by atoms with Crippen LogP contribution in [0.3, 0.4) is 0 Å². The molecule has 0 aliphatic heterocycles. The third kappa shape index (κ3) is 3.51. The second-order valence-corrected chi connectivity index (χ2v) is 3.90. The van der Waals surface area contributed by atoms with Crippen molar-refractivity contribution in [3.05, 3.63) is 33.9 Å². The topological polar surface area (TPSA) is 111 Å². The molecule has 0 fully saturated rings. The van der Waals surface area contributed by atoms with Crippen molar-refractivity contribution in [2.75, 3.05) is 14.1 Å². The highest BCUT2D eigenvalue weighted by Crippen LogP contribution is 2.18. The number of hydrogen-bond acceptors (Lipinski definition) is 7. The minimum atomic E-state index is -0.613. The Hall–Kier alpha value is -2.97. The van der Waals surface area contributed by atoms with E-state index in [1.165, 1.54) is 30.6 Å². The summed E-state index contributed by atoms with van der Waals surface area (Å²) in [5, 5.41) is 17.9. The molecule has 2 rings (SSSR count). The maximum Gasteiger partial charge on any atom is 0.433 e. The molecule has 0 amide bonds. The number of furan rings is 1. The van der Waals surface area contributed by atoms with Crippen molar-refractivity contribution in [1.82, 2.24) is 15.1 Å². The first-order valence-electron chi connectivity index (χ1n) is 5.51. The van der Waals surface area contributed by atoms with E-state index in [2.05, 4.69) is 15.2 Å². The van der Waals surface area contributed by atoms with Crippen LogP contribution >= 0.6 is 0 Å². The summed E-state index contributed by atoms with van der Waals surface area (Å²) < 4.78 is 10.1. The van der Waals surface area contributed by atoms with Crippen LogP contribution in [0.1, 0.15) is 11.7 Å². The highest BCUT2D eigenvalue weighted by Gasteiger charge is 2.10. The van der Waals surface area contributed by atoms with Crippen LogP contribution in [0.2, 0.25) is 0 Å². The van der Waals surface area contributed by atoms with Gasteiger partial charge in [-0.3, -0.25) is 10.1 Å². The molecule has 2 heterocycles. The summed E-state index contributed by atoms with van der Waals surface area (Å²) in [6.45, 7) is 0. The minimum Gasteiger partial charge on any atom is -0.402 e. The first kappa shape index (κ1) is 13.5. The molecule has 0 aromatic carbocycles. The lowest BCUT2D eigenvalue weighted by Crippen LogP contribution is -2.06. The Morgan fingerprint density at radius 3 is 2.75 bits per heavy atom. The molecule has 9 nitrogen and oxygen atoms in total. The first-order valence-corrected chi connectivity index (χ1v) is 5.51. The van der Waals surface area contributed by atoms with Crippen LogP contribution in [-0.4, -0.2) is 40.5 Å². The van der Waals surface area contributed by atoms with Gasteiger partial charge in [-0.25, -0.2) is 0 Å². The molecule has 0 unspecified atom stereocenters. The zero-order chi connectivity index (χ0) is 14.5. The molecule has 20 heavy (non-hydrogen) atoms. The molecule has 2 aromatic rings. The fourth-order valence-corrected chi connectivity index (χ4v) is 1.19. The summed E-state index contributed by atoms with van der Waals surface area (Å²) >= 11 is 0. The van der Waals surface area contributed by atoms with Crippen LogP contribution in [0, 0.1) is 10.1 Å². The van der Waals surface area contributed by atoms with Gasteiger partial charge in [0.15, 0.2) is 0 Å². The van der Waals surface area contributed by atoms with Crippen LogP contribution in [0.15, 0.2) is 26.0 Å². The molecule has 0 aliphatic rings. The van der Waals surface area contributed by atoms with Crippen molar-refractivity contribution in [3.8, 4) is 0 Å². The average Bonchev–Trinajstić information content (AvgIpc) is 3.03. The number of aliphatic imine (C=N–C) groups is 1. The Morgan fingerprint density at radius 1 is 1.30 bits per heavy atom. The second-order valence-electron chi connectivity index (χ2n) is 3.90. The Morgan fingerprint density at radius 2 is 2.10 bits per heavy atom. The third-order valence-electron chi connectivity index (χ3n) is 2.01. The fraction of sp³-hybridized carbons (Fsp3) is 0.182. The smallest absolute Gasteiger partial charge is 0.402 e. The monoisotopic (exact) mass is 277 g/mol.